The quantitative estimate of drug-likeness (QED) is 0.303. The Balaban J connectivity index is 0. The standard InChI is InChI=1S/Bi.H2O4S/c;1-5(2,3)4/h;(H2,1,2,3,4)/q+1;/p-2. The van der Waals surface area contributed by atoms with E-state index in [4.69, 9.17) is 17.5 Å². The molecule has 36 valence electrons. The van der Waals surface area contributed by atoms with E-state index in [1.165, 1.54) is 0 Å². The van der Waals surface area contributed by atoms with Gasteiger partial charge in [0.15, 0.2) is 0 Å². The third kappa shape index (κ3) is 118. The van der Waals surface area contributed by atoms with E-state index in [0.29, 0.717) is 0 Å². The Labute approximate surface area is 54.3 Å². The first-order valence-electron chi connectivity index (χ1n) is 0.667. The molecule has 0 amide bonds. The van der Waals surface area contributed by atoms with Crippen molar-refractivity contribution >= 4 is 36.6 Å². The smallest absolute Gasteiger partial charge is 0.759 e. The van der Waals surface area contributed by atoms with Gasteiger partial charge in [0, 0.05) is 10.4 Å². The summed E-state index contributed by atoms with van der Waals surface area (Å²) in [7, 11) is -5.17. The van der Waals surface area contributed by atoms with Crippen LogP contribution in [0.1, 0.15) is 0 Å². The summed E-state index contributed by atoms with van der Waals surface area (Å²) in [6.45, 7) is 0. The zero-order valence-corrected chi connectivity index (χ0v) is 6.78. The molecule has 0 saturated heterocycles. The average molecular weight is 305 g/mol. The van der Waals surface area contributed by atoms with E-state index in [9.17, 15) is 0 Å². The molecule has 0 bridgehead atoms. The predicted octanol–water partition coefficient (Wildman–Crippen LogP) is -1.72. The molecular weight excluding hydrogens is 305 g/mol. The average Bonchev–Trinajstić information content (AvgIpc) is 0.722. The van der Waals surface area contributed by atoms with E-state index in [2.05, 4.69) is 0 Å². The van der Waals surface area contributed by atoms with E-state index >= 15 is 0 Å². The third-order valence-electron chi connectivity index (χ3n) is 0. The van der Waals surface area contributed by atoms with Gasteiger partial charge >= 0.3 is 26.2 Å². The molecule has 0 saturated carbocycles. The molecule has 0 atom stereocenters. The summed E-state index contributed by atoms with van der Waals surface area (Å²) in [6, 6.07) is 0. The molecule has 0 aliphatic heterocycles. The van der Waals surface area contributed by atoms with E-state index in [0.717, 1.165) is 0 Å². The summed E-state index contributed by atoms with van der Waals surface area (Å²) in [4.78, 5) is 0. The molecule has 0 spiro atoms. The van der Waals surface area contributed by atoms with Gasteiger partial charge in [-0.25, -0.2) is 0 Å². The Morgan fingerprint density at radius 3 is 1.17 bits per heavy atom. The summed E-state index contributed by atoms with van der Waals surface area (Å²) < 4.78 is 34.1. The zero-order valence-electron chi connectivity index (χ0n) is 2.49. The molecule has 0 N–H and O–H groups in total. The summed E-state index contributed by atoms with van der Waals surface area (Å²) in [5.74, 6) is 0. The molecule has 0 aromatic carbocycles. The number of hydrogen-bond donors (Lipinski definition) is 0. The fourth-order valence-electron chi connectivity index (χ4n) is 0. The Kier molecular flexibility index (Phi) is 4.70. The minimum Gasteiger partial charge on any atom is -0.759 e. The van der Waals surface area contributed by atoms with Crippen LogP contribution >= 0.6 is 0 Å². The van der Waals surface area contributed by atoms with Gasteiger partial charge in [0.2, 0.25) is 0 Å². The van der Waals surface area contributed by atoms with Gasteiger partial charge < -0.3 is 9.11 Å². The molecule has 0 heterocycles. The second kappa shape index (κ2) is 2.85. The van der Waals surface area contributed by atoms with Crippen molar-refractivity contribution in [2.45, 2.75) is 0 Å². The normalized spacial score (nSPS) is 9.67. The van der Waals surface area contributed by atoms with Crippen LogP contribution < -0.4 is 0 Å². The minimum atomic E-state index is -5.17. The van der Waals surface area contributed by atoms with Crippen LogP contribution in [-0.2, 0) is 10.4 Å². The van der Waals surface area contributed by atoms with Gasteiger partial charge in [-0.05, 0) is 0 Å². The summed E-state index contributed by atoms with van der Waals surface area (Å²) >= 11 is 0. The van der Waals surface area contributed by atoms with E-state index < -0.39 is 10.4 Å². The molecule has 4 radical (unpaired) electrons. The first kappa shape index (κ1) is 9.89. The molecule has 0 aliphatic carbocycles. The van der Waals surface area contributed by atoms with Gasteiger partial charge in [-0.2, -0.15) is 0 Å². The van der Waals surface area contributed by atoms with Crippen LogP contribution in [0.5, 0.6) is 0 Å². The van der Waals surface area contributed by atoms with Crippen LogP contribution in [0.25, 0.3) is 0 Å². The van der Waals surface area contributed by atoms with Crippen molar-refractivity contribution in [2.24, 2.45) is 0 Å². The molecule has 0 unspecified atom stereocenters. The molecule has 6 heteroatoms. The van der Waals surface area contributed by atoms with Crippen LogP contribution in [0.4, 0.5) is 0 Å². The summed E-state index contributed by atoms with van der Waals surface area (Å²) in [6.07, 6.45) is 0. The Bertz CT molecular complexity index is 90.7. The fraction of sp³-hybridized carbons (Fsp3) is 0. The van der Waals surface area contributed by atoms with Crippen molar-refractivity contribution in [3.8, 4) is 0 Å². The van der Waals surface area contributed by atoms with Crippen molar-refractivity contribution in [2.75, 3.05) is 0 Å². The molecule has 0 aliphatic rings. The first-order chi connectivity index (χ1) is 2.00. The van der Waals surface area contributed by atoms with Crippen LogP contribution in [0.2, 0.25) is 0 Å². The maximum absolute atomic E-state index is 8.52. The van der Waals surface area contributed by atoms with E-state index in [1.54, 1.807) is 0 Å². The van der Waals surface area contributed by atoms with Crippen molar-refractivity contribution in [1.29, 1.82) is 0 Å². The van der Waals surface area contributed by atoms with Crippen molar-refractivity contribution in [1.82, 2.24) is 0 Å². The molecule has 0 rings (SSSR count). The Hall–Kier alpha value is 0.753. The molecule has 0 aromatic rings. The molecule has 0 aromatic heterocycles. The van der Waals surface area contributed by atoms with Crippen LogP contribution in [-0.4, -0.2) is 43.7 Å². The molecular formula is BiO4S-. The van der Waals surface area contributed by atoms with Crippen molar-refractivity contribution < 1.29 is 17.5 Å². The maximum Gasteiger partial charge on any atom is 1.00 e. The van der Waals surface area contributed by atoms with Crippen molar-refractivity contribution in [3.63, 3.8) is 0 Å². The summed E-state index contributed by atoms with van der Waals surface area (Å²) in [5, 5.41) is 0. The van der Waals surface area contributed by atoms with Gasteiger partial charge in [-0.15, -0.1) is 0 Å². The number of rotatable bonds is 0. The largest absolute Gasteiger partial charge is 1.00 e. The van der Waals surface area contributed by atoms with Gasteiger partial charge in [-0.1, -0.05) is 0 Å². The number of hydrogen-bond acceptors (Lipinski definition) is 4. The van der Waals surface area contributed by atoms with Crippen LogP contribution in [0, 0.1) is 0 Å². The van der Waals surface area contributed by atoms with Crippen LogP contribution in [0.3, 0.4) is 0 Å². The molecule has 0 fully saturated rings. The zero-order chi connectivity index (χ0) is 4.50. The van der Waals surface area contributed by atoms with Crippen molar-refractivity contribution in [3.05, 3.63) is 0 Å². The van der Waals surface area contributed by atoms with Gasteiger partial charge in [-0.3, -0.25) is 8.42 Å². The van der Waals surface area contributed by atoms with E-state index in [-0.39, 0.29) is 26.2 Å². The third-order valence-corrected chi connectivity index (χ3v) is 0. The second-order valence-electron chi connectivity index (χ2n) is 0.408. The Morgan fingerprint density at radius 1 is 1.17 bits per heavy atom. The fourth-order valence-corrected chi connectivity index (χ4v) is 0. The van der Waals surface area contributed by atoms with Gasteiger partial charge in [0.25, 0.3) is 0 Å². The Morgan fingerprint density at radius 2 is 1.17 bits per heavy atom. The molecule has 4 nitrogen and oxygen atoms in total. The van der Waals surface area contributed by atoms with Gasteiger partial charge in [0.05, 0.1) is 0 Å². The predicted molar refractivity (Wildman–Crippen MR) is 16.2 cm³/mol. The van der Waals surface area contributed by atoms with Gasteiger partial charge in [0.1, 0.15) is 0 Å². The van der Waals surface area contributed by atoms with Crippen LogP contribution in [0.15, 0.2) is 0 Å². The van der Waals surface area contributed by atoms with E-state index in [1.807, 2.05) is 0 Å². The SMILES string of the molecule is O=S(=O)([O-])[O-].[Bi+]. The minimum absolute atomic E-state index is 0. The monoisotopic (exact) mass is 305 g/mol. The second-order valence-corrected chi connectivity index (χ2v) is 1.22. The summed E-state index contributed by atoms with van der Waals surface area (Å²) in [5.41, 5.74) is 0. The maximum atomic E-state index is 8.52. The first-order valence-corrected chi connectivity index (χ1v) is 2.00. The molecule has 6 heavy (non-hydrogen) atoms. The topological polar surface area (TPSA) is 80.3 Å².